The van der Waals surface area contributed by atoms with Crippen LogP contribution >= 0.6 is 0 Å². The summed E-state index contributed by atoms with van der Waals surface area (Å²) in [6.45, 7) is 0. The maximum atomic E-state index is 13.4. The highest BCUT2D eigenvalue weighted by molar-refractivity contribution is 6.18. The van der Waals surface area contributed by atoms with Gasteiger partial charge in [-0.15, -0.1) is 0 Å². The Balaban J connectivity index is 1.69. The topological polar surface area (TPSA) is 73.7 Å². The van der Waals surface area contributed by atoms with Crippen molar-refractivity contribution in [2.75, 3.05) is 0 Å². The molecule has 4 rings (SSSR count). The van der Waals surface area contributed by atoms with Gasteiger partial charge in [-0.2, -0.15) is 5.26 Å². The van der Waals surface area contributed by atoms with Gasteiger partial charge in [-0.3, -0.25) is 9.59 Å². The molecule has 0 saturated heterocycles. The second-order valence-corrected chi connectivity index (χ2v) is 6.97. The average Bonchev–Trinajstić information content (AvgIpc) is 3.08. The highest BCUT2D eigenvalue weighted by atomic mass is 19.2. The van der Waals surface area contributed by atoms with Crippen molar-refractivity contribution in [2.24, 2.45) is 5.92 Å². The molecule has 2 aromatic carbocycles. The van der Waals surface area contributed by atoms with E-state index in [4.69, 9.17) is 0 Å². The number of benzene rings is 2. The summed E-state index contributed by atoms with van der Waals surface area (Å²) >= 11 is 0. The third-order valence-electron chi connectivity index (χ3n) is 5.24. The number of fused-ring (bicyclic) bond motifs is 3. The zero-order valence-corrected chi connectivity index (χ0v) is 14.9. The van der Waals surface area contributed by atoms with E-state index in [9.17, 15) is 23.6 Å². The van der Waals surface area contributed by atoms with E-state index in [1.807, 2.05) is 0 Å². The number of hydrogen-bond acceptors (Lipinski definition) is 3. The van der Waals surface area contributed by atoms with Crippen molar-refractivity contribution in [1.29, 1.82) is 5.26 Å². The Bertz CT molecular complexity index is 1160. The van der Waals surface area contributed by atoms with E-state index in [0.717, 1.165) is 48.7 Å². The number of aryl methyl sites for hydroxylation is 2. The van der Waals surface area contributed by atoms with Crippen LogP contribution in [0.2, 0.25) is 0 Å². The summed E-state index contributed by atoms with van der Waals surface area (Å²) in [6.07, 6.45) is 4.07. The van der Waals surface area contributed by atoms with Crippen molar-refractivity contribution in [1.82, 2.24) is 4.98 Å². The number of carbonyl (C=O) groups is 2. The lowest BCUT2D eigenvalue weighted by molar-refractivity contribution is 0.0845. The van der Waals surface area contributed by atoms with E-state index in [-0.39, 0.29) is 11.1 Å². The summed E-state index contributed by atoms with van der Waals surface area (Å²) in [4.78, 5) is 28.8. The first kappa shape index (κ1) is 18.1. The number of ketones is 2. The predicted molar refractivity (Wildman–Crippen MR) is 99.1 cm³/mol. The summed E-state index contributed by atoms with van der Waals surface area (Å²) < 4.78 is 26.5. The zero-order chi connectivity index (χ0) is 19.8. The van der Waals surface area contributed by atoms with Crippen molar-refractivity contribution >= 4 is 22.5 Å². The van der Waals surface area contributed by atoms with Crippen molar-refractivity contribution < 1.29 is 18.4 Å². The second-order valence-electron chi connectivity index (χ2n) is 6.97. The van der Waals surface area contributed by atoms with Gasteiger partial charge in [0, 0.05) is 27.7 Å². The number of halogens is 2. The number of aromatic amines is 1. The fraction of sp³-hybridized carbons (Fsp3) is 0.227. The van der Waals surface area contributed by atoms with Gasteiger partial charge in [0.05, 0.1) is 6.07 Å². The normalized spacial score (nSPS) is 14.3. The number of hydrogen-bond donors (Lipinski definition) is 1. The lowest BCUT2D eigenvalue weighted by Gasteiger charge is -2.11. The van der Waals surface area contributed by atoms with Gasteiger partial charge in [0.2, 0.25) is 0 Å². The van der Waals surface area contributed by atoms with Crippen LogP contribution in [-0.4, -0.2) is 16.6 Å². The molecule has 4 nitrogen and oxygen atoms in total. The van der Waals surface area contributed by atoms with Crippen LogP contribution in [0.4, 0.5) is 8.78 Å². The van der Waals surface area contributed by atoms with E-state index in [2.05, 4.69) is 4.98 Å². The molecule has 28 heavy (non-hydrogen) atoms. The molecule has 0 amide bonds. The van der Waals surface area contributed by atoms with Gasteiger partial charge in [0.1, 0.15) is 0 Å². The molecular weight excluding hydrogens is 362 g/mol. The van der Waals surface area contributed by atoms with Gasteiger partial charge in [-0.05, 0) is 67.6 Å². The lowest BCUT2D eigenvalue weighted by Crippen LogP contribution is -2.23. The lowest BCUT2D eigenvalue weighted by atomic mass is 9.89. The molecule has 0 bridgehead atoms. The molecule has 1 N–H and O–H groups in total. The molecule has 3 aromatic rings. The maximum Gasteiger partial charge on any atom is 0.188 e. The van der Waals surface area contributed by atoms with E-state index in [1.165, 1.54) is 11.3 Å². The Labute approximate surface area is 159 Å². The maximum absolute atomic E-state index is 13.4. The van der Waals surface area contributed by atoms with Crippen LogP contribution in [0.1, 0.15) is 44.8 Å². The molecular formula is C22H16F2N2O2. The summed E-state index contributed by atoms with van der Waals surface area (Å²) in [5.41, 5.74) is 3.31. The molecule has 1 aromatic heterocycles. The number of rotatable bonds is 4. The number of nitrogens with one attached hydrogen (secondary N) is 1. The largest absolute Gasteiger partial charge is 0.358 e. The van der Waals surface area contributed by atoms with Crippen LogP contribution in [0.15, 0.2) is 36.4 Å². The molecule has 1 atom stereocenters. The first-order valence-electron chi connectivity index (χ1n) is 9.06. The Hall–Kier alpha value is -3.33. The van der Waals surface area contributed by atoms with Crippen LogP contribution in [0.5, 0.6) is 0 Å². The molecule has 140 valence electrons. The van der Waals surface area contributed by atoms with E-state index >= 15 is 0 Å². The molecule has 1 heterocycles. The Kier molecular flexibility index (Phi) is 4.52. The molecule has 0 saturated carbocycles. The summed E-state index contributed by atoms with van der Waals surface area (Å²) in [6, 6.07) is 9.37. The molecule has 0 fully saturated rings. The van der Waals surface area contributed by atoms with Gasteiger partial charge in [0.15, 0.2) is 29.1 Å². The molecule has 0 aliphatic heterocycles. The summed E-state index contributed by atoms with van der Waals surface area (Å²) in [5.74, 6) is -5.40. The fourth-order valence-electron chi connectivity index (χ4n) is 3.78. The zero-order valence-electron chi connectivity index (χ0n) is 14.9. The van der Waals surface area contributed by atoms with Gasteiger partial charge in [-0.25, -0.2) is 8.78 Å². The molecule has 0 spiro atoms. The Morgan fingerprint density at radius 3 is 2.36 bits per heavy atom. The number of carbonyl (C=O) groups excluding carboxylic acids is 2. The minimum atomic E-state index is -1.61. The SMILES string of the molecule is N#CC(C(=O)c1ccc(F)c(F)c1)C(=O)c1ccc2[nH]c3c(c2c1)CCCC3. The monoisotopic (exact) mass is 378 g/mol. The third kappa shape index (κ3) is 2.99. The molecule has 6 heteroatoms. The third-order valence-corrected chi connectivity index (χ3v) is 5.24. The van der Waals surface area contributed by atoms with Crippen LogP contribution < -0.4 is 0 Å². The van der Waals surface area contributed by atoms with Gasteiger partial charge in [-0.1, -0.05) is 0 Å². The average molecular weight is 378 g/mol. The quantitative estimate of drug-likeness (QED) is 0.535. The smallest absolute Gasteiger partial charge is 0.188 e. The van der Waals surface area contributed by atoms with Crippen LogP contribution in [-0.2, 0) is 12.8 Å². The van der Waals surface area contributed by atoms with Gasteiger partial charge in [0.25, 0.3) is 0 Å². The molecule has 0 radical (unpaired) electrons. The van der Waals surface area contributed by atoms with E-state index in [1.54, 1.807) is 24.3 Å². The van der Waals surface area contributed by atoms with Crippen molar-refractivity contribution in [3.05, 3.63) is 70.4 Å². The molecule has 1 aliphatic rings. The van der Waals surface area contributed by atoms with Crippen LogP contribution in [0.25, 0.3) is 10.9 Å². The number of aromatic nitrogens is 1. The first-order valence-corrected chi connectivity index (χ1v) is 9.06. The standard InChI is InChI=1S/C22H16F2N2O2/c23-17-7-5-13(10-18(17)24)22(28)16(11-25)21(27)12-6-8-20-15(9-12)14-3-1-2-4-19(14)26-20/h5-10,16,26H,1-4H2. The number of Topliss-reactive ketones (excluding diaryl/α,β-unsaturated/α-hetero) is 2. The minimum Gasteiger partial charge on any atom is -0.358 e. The first-order chi connectivity index (χ1) is 13.5. The Morgan fingerprint density at radius 2 is 1.64 bits per heavy atom. The second kappa shape index (κ2) is 7.01. The van der Waals surface area contributed by atoms with Crippen LogP contribution in [0.3, 0.4) is 0 Å². The van der Waals surface area contributed by atoms with E-state index < -0.39 is 29.1 Å². The van der Waals surface area contributed by atoms with Gasteiger partial charge < -0.3 is 4.98 Å². The summed E-state index contributed by atoms with van der Waals surface area (Å²) in [7, 11) is 0. The summed E-state index contributed by atoms with van der Waals surface area (Å²) in [5, 5.41) is 10.3. The van der Waals surface area contributed by atoms with Crippen molar-refractivity contribution in [3.63, 3.8) is 0 Å². The number of nitriles is 1. The highest BCUT2D eigenvalue weighted by Gasteiger charge is 2.29. The predicted octanol–water partition coefficient (Wildman–Crippen LogP) is 4.53. The van der Waals surface area contributed by atoms with E-state index in [0.29, 0.717) is 6.07 Å². The van der Waals surface area contributed by atoms with Crippen molar-refractivity contribution in [3.8, 4) is 6.07 Å². The van der Waals surface area contributed by atoms with Gasteiger partial charge >= 0.3 is 0 Å². The molecule has 1 aliphatic carbocycles. The molecule has 1 unspecified atom stereocenters. The minimum absolute atomic E-state index is 0.209. The Morgan fingerprint density at radius 1 is 0.964 bits per heavy atom. The highest BCUT2D eigenvalue weighted by Crippen LogP contribution is 2.30. The number of H-pyrrole nitrogens is 1. The fourth-order valence-corrected chi connectivity index (χ4v) is 3.78. The van der Waals surface area contributed by atoms with Crippen molar-refractivity contribution in [2.45, 2.75) is 25.7 Å². The number of nitrogens with zero attached hydrogens (tertiary/aromatic N) is 1. The van der Waals surface area contributed by atoms with Crippen LogP contribution in [0, 0.1) is 28.9 Å².